The molecule has 18 heavy (non-hydrogen) atoms. The highest BCUT2D eigenvalue weighted by Crippen LogP contribution is 2.19. The minimum atomic E-state index is -0.134. The van der Waals surface area contributed by atoms with Crippen molar-refractivity contribution in [3.63, 3.8) is 0 Å². The van der Waals surface area contributed by atoms with Gasteiger partial charge in [-0.25, -0.2) is 0 Å². The fourth-order valence-electron chi connectivity index (χ4n) is 1.66. The van der Waals surface area contributed by atoms with E-state index in [0.717, 1.165) is 17.6 Å². The molecular weight excluding hydrogens is 230 g/mol. The molecular formula is C14H21NO3. The number of nitrogens with one attached hydrogen (secondary N) is 1. The van der Waals surface area contributed by atoms with Gasteiger partial charge in [-0.05, 0) is 31.7 Å². The van der Waals surface area contributed by atoms with Crippen LogP contribution in [0.1, 0.15) is 18.4 Å². The van der Waals surface area contributed by atoms with Crippen molar-refractivity contribution in [1.29, 1.82) is 0 Å². The molecule has 0 aromatic heterocycles. The molecule has 0 saturated heterocycles. The van der Waals surface area contributed by atoms with Crippen LogP contribution in [0.5, 0.6) is 5.75 Å². The molecule has 1 unspecified atom stereocenters. The molecule has 0 bridgehead atoms. The molecule has 0 heterocycles. The fourth-order valence-corrected chi connectivity index (χ4v) is 1.66. The quantitative estimate of drug-likeness (QED) is 0.535. The van der Waals surface area contributed by atoms with E-state index in [-0.39, 0.29) is 5.92 Å². The van der Waals surface area contributed by atoms with Gasteiger partial charge in [0, 0.05) is 13.2 Å². The smallest absolute Gasteiger partial charge is 0.128 e. The molecule has 0 fully saturated rings. The zero-order valence-corrected chi connectivity index (χ0v) is 11.0. The number of rotatable bonds is 9. The zero-order chi connectivity index (χ0) is 13.2. The van der Waals surface area contributed by atoms with E-state index in [1.165, 1.54) is 0 Å². The van der Waals surface area contributed by atoms with Crippen LogP contribution < -0.4 is 10.1 Å². The molecule has 0 saturated carbocycles. The van der Waals surface area contributed by atoms with E-state index < -0.39 is 0 Å². The normalized spacial score (nSPS) is 12.1. The Kier molecular flexibility index (Phi) is 7.06. The number of ether oxygens (including phenoxy) is 2. The summed E-state index contributed by atoms with van der Waals surface area (Å²) in [6.07, 6.45) is 0.954. The van der Waals surface area contributed by atoms with Crippen molar-refractivity contribution in [2.45, 2.75) is 12.8 Å². The minimum Gasteiger partial charge on any atom is -0.491 e. The van der Waals surface area contributed by atoms with Crippen LogP contribution in [0.4, 0.5) is 0 Å². The van der Waals surface area contributed by atoms with E-state index in [2.05, 4.69) is 5.32 Å². The fraction of sp³-hybridized carbons (Fsp3) is 0.500. The summed E-state index contributed by atoms with van der Waals surface area (Å²) < 4.78 is 10.8. The van der Waals surface area contributed by atoms with Crippen molar-refractivity contribution < 1.29 is 14.3 Å². The molecule has 0 amide bonds. The number of carbonyl (C=O) groups is 1. The van der Waals surface area contributed by atoms with Gasteiger partial charge in [-0.15, -0.1) is 0 Å². The standard InChI is InChI=1S/C14H21NO3/c1-3-17-7-8-18-14-6-4-5-12(9-14)13(11-16)10-15-2/h4-6,9,11,13,15H,3,7-8,10H2,1-2H3. The lowest BCUT2D eigenvalue weighted by Gasteiger charge is -2.12. The number of hydrogen-bond acceptors (Lipinski definition) is 4. The molecule has 1 aromatic carbocycles. The molecule has 0 spiro atoms. The van der Waals surface area contributed by atoms with Crippen molar-refractivity contribution in [3.8, 4) is 5.75 Å². The number of benzene rings is 1. The van der Waals surface area contributed by atoms with E-state index in [1.54, 1.807) is 0 Å². The highest BCUT2D eigenvalue weighted by atomic mass is 16.5. The summed E-state index contributed by atoms with van der Waals surface area (Å²) in [6, 6.07) is 7.63. The first-order valence-corrected chi connectivity index (χ1v) is 6.22. The van der Waals surface area contributed by atoms with Crippen LogP contribution in [-0.2, 0) is 9.53 Å². The minimum absolute atomic E-state index is 0.134. The molecule has 1 atom stereocenters. The maximum atomic E-state index is 11.0. The Bertz CT molecular complexity index is 355. The maximum Gasteiger partial charge on any atom is 0.128 e. The van der Waals surface area contributed by atoms with Crippen LogP contribution in [0, 0.1) is 0 Å². The van der Waals surface area contributed by atoms with Crippen molar-refractivity contribution in [2.75, 3.05) is 33.4 Å². The van der Waals surface area contributed by atoms with Gasteiger partial charge in [-0.2, -0.15) is 0 Å². The van der Waals surface area contributed by atoms with E-state index in [1.807, 2.05) is 38.2 Å². The Morgan fingerprint density at radius 2 is 2.22 bits per heavy atom. The summed E-state index contributed by atoms with van der Waals surface area (Å²) in [4.78, 5) is 11.0. The third-order valence-electron chi connectivity index (χ3n) is 2.58. The van der Waals surface area contributed by atoms with E-state index >= 15 is 0 Å². The third-order valence-corrected chi connectivity index (χ3v) is 2.58. The number of carbonyl (C=O) groups excluding carboxylic acids is 1. The molecule has 0 radical (unpaired) electrons. The molecule has 1 aromatic rings. The summed E-state index contributed by atoms with van der Waals surface area (Å²) in [5, 5.41) is 3.00. The number of likely N-dealkylation sites (N-methyl/N-ethyl adjacent to an activating group) is 1. The van der Waals surface area contributed by atoms with E-state index in [4.69, 9.17) is 9.47 Å². The van der Waals surface area contributed by atoms with Crippen LogP contribution in [-0.4, -0.2) is 39.7 Å². The summed E-state index contributed by atoms with van der Waals surface area (Å²) in [5.41, 5.74) is 0.966. The first-order chi connectivity index (χ1) is 8.81. The van der Waals surface area contributed by atoms with Gasteiger partial charge in [-0.3, -0.25) is 0 Å². The monoisotopic (exact) mass is 251 g/mol. The second kappa shape index (κ2) is 8.66. The Balaban J connectivity index is 2.57. The highest BCUT2D eigenvalue weighted by molar-refractivity contribution is 5.63. The Morgan fingerprint density at radius 3 is 2.89 bits per heavy atom. The van der Waals surface area contributed by atoms with Gasteiger partial charge < -0.3 is 19.6 Å². The van der Waals surface area contributed by atoms with Crippen molar-refractivity contribution in [2.24, 2.45) is 0 Å². The molecule has 4 nitrogen and oxygen atoms in total. The lowest BCUT2D eigenvalue weighted by Crippen LogP contribution is -2.18. The lowest BCUT2D eigenvalue weighted by atomic mass is 10.0. The Morgan fingerprint density at radius 1 is 1.39 bits per heavy atom. The van der Waals surface area contributed by atoms with Crippen molar-refractivity contribution in [3.05, 3.63) is 29.8 Å². The Hall–Kier alpha value is -1.39. The van der Waals surface area contributed by atoms with Gasteiger partial charge in [0.2, 0.25) is 0 Å². The average molecular weight is 251 g/mol. The second-order valence-electron chi connectivity index (χ2n) is 3.92. The van der Waals surface area contributed by atoms with Gasteiger partial charge in [0.1, 0.15) is 18.6 Å². The summed E-state index contributed by atoms with van der Waals surface area (Å²) in [5.74, 6) is 0.639. The Labute approximate surface area is 108 Å². The van der Waals surface area contributed by atoms with Gasteiger partial charge in [0.25, 0.3) is 0 Å². The number of hydrogen-bond donors (Lipinski definition) is 1. The summed E-state index contributed by atoms with van der Waals surface area (Å²) in [6.45, 7) is 4.38. The molecule has 1 N–H and O–H groups in total. The first-order valence-electron chi connectivity index (χ1n) is 6.22. The predicted octanol–water partition coefficient (Wildman–Crippen LogP) is 1.60. The first kappa shape index (κ1) is 14.7. The molecule has 0 aliphatic carbocycles. The summed E-state index contributed by atoms with van der Waals surface area (Å²) >= 11 is 0. The van der Waals surface area contributed by atoms with E-state index in [9.17, 15) is 4.79 Å². The SMILES string of the molecule is CCOCCOc1cccc(C(C=O)CNC)c1. The molecule has 4 heteroatoms. The third kappa shape index (κ3) is 4.85. The highest BCUT2D eigenvalue weighted by Gasteiger charge is 2.09. The molecule has 0 aliphatic rings. The number of aldehydes is 1. The zero-order valence-electron chi connectivity index (χ0n) is 11.0. The topological polar surface area (TPSA) is 47.6 Å². The van der Waals surface area contributed by atoms with Crippen molar-refractivity contribution >= 4 is 6.29 Å². The lowest BCUT2D eigenvalue weighted by molar-refractivity contribution is -0.109. The predicted molar refractivity (Wildman–Crippen MR) is 71.2 cm³/mol. The van der Waals surface area contributed by atoms with Gasteiger partial charge >= 0.3 is 0 Å². The van der Waals surface area contributed by atoms with Crippen LogP contribution >= 0.6 is 0 Å². The van der Waals surface area contributed by atoms with Gasteiger partial charge in [0.05, 0.1) is 12.5 Å². The summed E-state index contributed by atoms with van der Waals surface area (Å²) in [7, 11) is 1.83. The van der Waals surface area contributed by atoms with E-state index in [0.29, 0.717) is 26.4 Å². The van der Waals surface area contributed by atoms with Gasteiger partial charge in [-0.1, -0.05) is 12.1 Å². The average Bonchev–Trinajstić information content (AvgIpc) is 2.41. The van der Waals surface area contributed by atoms with Crippen LogP contribution in [0.15, 0.2) is 24.3 Å². The molecule has 0 aliphatic heterocycles. The largest absolute Gasteiger partial charge is 0.491 e. The molecule has 1 rings (SSSR count). The second-order valence-corrected chi connectivity index (χ2v) is 3.92. The van der Waals surface area contributed by atoms with Gasteiger partial charge in [0.15, 0.2) is 0 Å². The van der Waals surface area contributed by atoms with Crippen LogP contribution in [0.2, 0.25) is 0 Å². The molecule has 100 valence electrons. The van der Waals surface area contributed by atoms with Crippen LogP contribution in [0.3, 0.4) is 0 Å². The van der Waals surface area contributed by atoms with Crippen LogP contribution in [0.25, 0.3) is 0 Å². The van der Waals surface area contributed by atoms with Crippen molar-refractivity contribution in [1.82, 2.24) is 5.32 Å². The maximum absolute atomic E-state index is 11.0.